The summed E-state index contributed by atoms with van der Waals surface area (Å²) in [6.45, 7) is 6.19. The third-order valence-electron chi connectivity index (χ3n) is 1.27. The van der Waals surface area contributed by atoms with Gasteiger partial charge in [-0.25, -0.2) is 0 Å². The Balaban J connectivity index is 4.37. The molecule has 0 heterocycles. The molecule has 0 atom stereocenters. The average Bonchev–Trinajstić information content (AvgIpc) is 1.97. The minimum absolute atomic E-state index is 0.475. The fraction of sp³-hybridized carbons (Fsp3) is 0.556. The summed E-state index contributed by atoms with van der Waals surface area (Å²) in [4.78, 5) is 0. The van der Waals surface area contributed by atoms with Crippen LogP contribution in [0.1, 0.15) is 20.8 Å². The van der Waals surface area contributed by atoms with Crippen LogP contribution in [0, 0.1) is 5.92 Å². The van der Waals surface area contributed by atoms with E-state index in [1.54, 1.807) is 13.3 Å². The van der Waals surface area contributed by atoms with Gasteiger partial charge in [0.05, 0.1) is 6.21 Å². The van der Waals surface area contributed by atoms with Gasteiger partial charge in [-0.15, -0.1) is 5.73 Å². The fourth-order valence-corrected chi connectivity index (χ4v) is 0.654. The average molecular weight is 152 g/mol. The van der Waals surface area contributed by atoms with Crippen LogP contribution in [0.25, 0.3) is 0 Å². The summed E-state index contributed by atoms with van der Waals surface area (Å²) in [5, 5.41) is 3.92. The number of nitrogens with one attached hydrogen (secondary N) is 1. The molecule has 0 aromatic rings. The van der Waals surface area contributed by atoms with Gasteiger partial charge in [-0.2, -0.15) is 5.10 Å². The van der Waals surface area contributed by atoms with Crippen molar-refractivity contribution in [2.75, 3.05) is 7.05 Å². The topological polar surface area (TPSA) is 24.4 Å². The number of rotatable bonds is 3. The monoisotopic (exact) mass is 152 g/mol. The first-order valence-corrected chi connectivity index (χ1v) is 3.83. The molecule has 0 spiro atoms. The normalized spacial score (nSPS) is 9.91. The summed E-state index contributed by atoms with van der Waals surface area (Å²) >= 11 is 0. The van der Waals surface area contributed by atoms with Crippen molar-refractivity contribution in [3.63, 3.8) is 0 Å². The first kappa shape index (κ1) is 9.99. The van der Waals surface area contributed by atoms with Gasteiger partial charge < -0.3 is 5.43 Å². The van der Waals surface area contributed by atoms with Crippen LogP contribution in [0.2, 0.25) is 0 Å². The standard InChI is InChI=1S/C9H16N2/c1-5-6-9(8(2)3)7-11-10-4/h5,7-8,10H,1-4H3/b11-7-. The molecule has 11 heavy (non-hydrogen) atoms. The van der Waals surface area contributed by atoms with Crippen molar-refractivity contribution in [2.45, 2.75) is 20.8 Å². The van der Waals surface area contributed by atoms with E-state index in [9.17, 15) is 0 Å². The van der Waals surface area contributed by atoms with Crippen LogP contribution in [-0.2, 0) is 0 Å². The molecule has 0 bridgehead atoms. The molecule has 0 fully saturated rings. The van der Waals surface area contributed by atoms with Gasteiger partial charge in [-0.1, -0.05) is 13.8 Å². The zero-order valence-corrected chi connectivity index (χ0v) is 7.68. The number of allylic oxidation sites excluding steroid dienone is 1. The highest BCUT2D eigenvalue weighted by molar-refractivity contribution is 5.78. The minimum atomic E-state index is 0.475. The van der Waals surface area contributed by atoms with E-state index in [4.69, 9.17) is 0 Å². The molecule has 0 unspecified atom stereocenters. The van der Waals surface area contributed by atoms with Gasteiger partial charge in [0.15, 0.2) is 0 Å². The van der Waals surface area contributed by atoms with Crippen molar-refractivity contribution in [3.05, 3.63) is 17.4 Å². The Morgan fingerprint density at radius 1 is 1.55 bits per heavy atom. The van der Waals surface area contributed by atoms with Gasteiger partial charge in [0.25, 0.3) is 0 Å². The van der Waals surface area contributed by atoms with Crippen molar-refractivity contribution in [2.24, 2.45) is 11.0 Å². The maximum absolute atomic E-state index is 3.92. The Kier molecular flexibility index (Phi) is 5.22. The van der Waals surface area contributed by atoms with Gasteiger partial charge in [0.2, 0.25) is 0 Å². The third-order valence-corrected chi connectivity index (χ3v) is 1.27. The van der Waals surface area contributed by atoms with Gasteiger partial charge in [-0.05, 0) is 18.9 Å². The molecule has 2 heteroatoms. The van der Waals surface area contributed by atoms with Crippen LogP contribution in [0.3, 0.4) is 0 Å². The highest BCUT2D eigenvalue weighted by atomic mass is 15.3. The van der Waals surface area contributed by atoms with E-state index < -0.39 is 0 Å². The molecule has 0 saturated carbocycles. The zero-order chi connectivity index (χ0) is 8.69. The molecular weight excluding hydrogens is 136 g/mol. The highest BCUT2D eigenvalue weighted by Crippen LogP contribution is 2.03. The molecule has 0 rings (SSSR count). The molecule has 0 amide bonds. The molecule has 1 N–H and O–H groups in total. The van der Waals surface area contributed by atoms with Gasteiger partial charge in [0.1, 0.15) is 0 Å². The van der Waals surface area contributed by atoms with Crippen LogP contribution >= 0.6 is 0 Å². The maximum atomic E-state index is 3.92. The van der Waals surface area contributed by atoms with E-state index in [-0.39, 0.29) is 0 Å². The van der Waals surface area contributed by atoms with Gasteiger partial charge >= 0.3 is 0 Å². The first-order chi connectivity index (χ1) is 5.22. The summed E-state index contributed by atoms with van der Waals surface area (Å²) in [5.74, 6) is 0.475. The van der Waals surface area contributed by atoms with Crippen molar-refractivity contribution in [1.82, 2.24) is 5.43 Å². The van der Waals surface area contributed by atoms with E-state index in [0.29, 0.717) is 5.92 Å². The second kappa shape index (κ2) is 5.75. The Morgan fingerprint density at radius 3 is 2.55 bits per heavy atom. The van der Waals surface area contributed by atoms with E-state index in [1.807, 2.05) is 13.0 Å². The SMILES string of the molecule is CC=C=C(/C=N\NC)C(C)C. The molecule has 0 aliphatic rings. The predicted octanol–water partition coefficient (Wildman–Crippen LogP) is 1.95. The van der Waals surface area contributed by atoms with Gasteiger partial charge in [0, 0.05) is 12.6 Å². The van der Waals surface area contributed by atoms with Crippen LogP contribution in [0.4, 0.5) is 0 Å². The summed E-state index contributed by atoms with van der Waals surface area (Å²) in [6.07, 6.45) is 3.70. The molecule has 0 aromatic heterocycles. The fourth-order valence-electron chi connectivity index (χ4n) is 0.654. The number of nitrogens with zero attached hydrogens (tertiary/aromatic N) is 1. The second-order valence-corrected chi connectivity index (χ2v) is 2.52. The van der Waals surface area contributed by atoms with Crippen molar-refractivity contribution < 1.29 is 0 Å². The van der Waals surface area contributed by atoms with Crippen LogP contribution in [0.5, 0.6) is 0 Å². The molecule has 0 aromatic carbocycles. The van der Waals surface area contributed by atoms with Crippen LogP contribution in [-0.4, -0.2) is 13.3 Å². The lowest BCUT2D eigenvalue weighted by atomic mass is 10.1. The highest BCUT2D eigenvalue weighted by Gasteiger charge is 1.96. The molecule has 2 nitrogen and oxygen atoms in total. The van der Waals surface area contributed by atoms with Crippen molar-refractivity contribution >= 4 is 6.21 Å². The zero-order valence-electron chi connectivity index (χ0n) is 7.68. The minimum Gasteiger partial charge on any atom is -0.313 e. The largest absolute Gasteiger partial charge is 0.313 e. The molecule has 0 saturated heterocycles. The molecule has 62 valence electrons. The van der Waals surface area contributed by atoms with Gasteiger partial charge in [-0.3, -0.25) is 0 Å². The second-order valence-electron chi connectivity index (χ2n) is 2.52. The first-order valence-electron chi connectivity index (χ1n) is 3.83. The lowest BCUT2D eigenvalue weighted by Gasteiger charge is -2.00. The Labute approximate surface area is 68.7 Å². The third kappa shape index (κ3) is 4.40. The molecular formula is C9H16N2. The lowest BCUT2D eigenvalue weighted by Crippen LogP contribution is -1.99. The maximum Gasteiger partial charge on any atom is 0.0579 e. The summed E-state index contributed by atoms with van der Waals surface area (Å²) in [6, 6.07) is 0. The number of hydrazone groups is 1. The Morgan fingerprint density at radius 2 is 2.18 bits per heavy atom. The predicted molar refractivity (Wildman–Crippen MR) is 49.7 cm³/mol. The Hall–Kier alpha value is -1.01. The van der Waals surface area contributed by atoms with E-state index in [2.05, 4.69) is 30.1 Å². The molecule has 0 aliphatic heterocycles. The lowest BCUT2D eigenvalue weighted by molar-refractivity contribution is 0.802. The van der Waals surface area contributed by atoms with Crippen molar-refractivity contribution in [1.29, 1.82) is 0 Å². The van der Waals surface area contributed by atoms with E-state index in [1.165, 1.54) is 0 Å². The molecule has 0 aliphatic carbocycles. The molecule has 0 radical (unpaired) electrons. The Bertz CT molecular complexity index is 184. The quantitative estimate of drug-likeness (QED) is 0.373. The smallest absolute Gasteiger partial charge is 0.0579 e. The van der Waals surface area contributed by atoms with E-state index >= 15 is 0 Å². The van der Waals surface area contributed by atoms with Crippen LogP contribution in [0.15, 0.2) is 22.5 Å². The van der Waals surface area contributed by atoms with Crippen molar-refractivity contribution in [3.8, 4) is 0 Å². The number of hydrogen-bond acceptors (Lipinski definition) is 2. The van der Waals surface area contributed by atoms with Crippen LogP contribution < -0.4 is 5.43 Å². The summed E-state index contributed by atoms with van der Waals surface area (Å²) in [5.41, 5.74) is 6.94. The summed E-state index contributed by atoms with van der Waals surface area (Å²) in [7, 11) is 1.78. The van der Waals surface area contributed by atoms with E-state index in [0.717, 1.165) is 5.57 Å². The number of hydrogen-bond donors (Lipinski definition) is 1. The summed E-state index contributed by atoms with van der Waals surface area (Å²) < 4.78 is 0.